The first kappa shape index (κ1) is 24.0. The standard InChI is InChI=1S/C20H25ClN4O2.HI/c1-22-20(24-12-11-15-5-3-4-6-18(15)27-2)25-14-13-23-19(26)16-7-9-17(21)10-8-16;/h3-10H,11-14H2,1-2H3,(H,23,26)(H2,22,24,25);1H. The number of carbonyl (C=O) groups is 1. The first-order chi connectivity index (χ1) is 13.1. The second kappa shape index (κ2) is 13.2. The highest BCUT2D eigenvalue weighted by Gasteiger charge is 2.05. The van der Waals surface area contributed by atoms with Crippen molar-refractivity contribution < 1.29 is 9.53 Å². The first-order valence-corrected chi connectivity index (χ1v) is 9.12. The predicted molar refractivity (Wildman–Crippen MR) is 125 cm³/mol. The molecule has 6 nitrogen and oxygen atoms in total. The first-order valence-electron chi connectivity index (χ1n) is 8.74. The minimum Gasteiger partial charge on any atom is -0.496 e. The van der Waals surface area contributed by atoms with Crippen LogP contribution in [0.2, 0.25) is 5.02 Å². The number of rotatable bonds is 8. The number of hydrogen-bond donors (Lipinski definition) is 3. The molecule has 0 aliphatic carbocycles. The van der Waals surface area contributed by atoms with Crippen molar-refractivity contribution >= 4 is 47.4 Å². The van der Waals surface area contributed by atoms with Crippen molar-refractivity contribution in [3.63, 3.8) is 0 Å². The molecule has 0 aromatic heterocycles. The van der Waals surface area contributed by atoms with Crippen molar-refractivity contribution in [2.75, 3.05) is 33.8 Å². The number of nitrogens with one attached hydrogen (secondary N) is 3. The van der Waals surface area contributed by atoms with Crippen LogP contribution in [-0.4, -0.2) is 45.7 Å². The zero-order chi connectivity index (χ0) is 19.5. The van der Waals surface area contributed by atoms with Crippen LogP contribution in [0.25, 0.3) is 0 Å². The predicted octanol–water partition coefficient (Wildman–Crippen LogP) is 3.10. The van der Waals surface area contributed by atoms with E-state index in [2.05, 4.69) is 20.9 Å². The number of guanidine groups is 1. The van der Waals surface area contributed by atoms with Gasteiger partial charge in [0.05, 0.1) is 7.11 Å². The Morgan fingerprint density at radius 2 is 1.64 bits per heavy atom. The third-order valence-electron chi connectivity index (χ3n) is 3.91. The van der Waals surface area contributed by atoms with E-state index < -0.39 is 0 Å². The number of amides is 1. The molecule has 0 radical (unpaired) electrons. The highest BCUT2D eigenvalue weighted by molar-refractivity contribution is 14.0. The topological polar surface area (TPSA) is 74.8 Å². The number of benzene rings is 2. The molecule has 8 heteroatoms. The molecular formula is C20H26ClIN4O2. The van der Waals surface area contributed by atoms with Gasteiger partial charge >= 0.3 is 0 Å². The molecule has 0 fully saturated rings. The summed E-state index contributed by atoms with van der Waals surface area (Å²) >= 11 is 5.82. The summed E-state index contributed by atoms with van der Waals surface area (Å²) in [4.78, 5) is 16.2. The summed E-state index contributed by atoms with van der Waals surface area (Å²) in [5.41, 5.74) is 1.72. The van der Waals surface area contributed by atoms with Gasteiger partial charge in [0.2, 0.25) is 0 Å². The maximum atomic E-state index is 12.0. The second-order valence-electron chi connectivity index (χ2n) is 5.75. The highest BCUT2D eigenvalue weighted by Crippen LogP contribution is 2.17. The van der Waals surface area contributed by atoms with E-state index in [-0.39, 0.29) is 29.9 Å². The van der Waals surface area contributed by atoms with Crippen molar-refractivity contribution in [3.05, 3.63) is 64.7 Å². The molecule has 0 saturated heterocycles. The largest absolute Gasteiger partial charge is 0.496 e. The van der Waals surface area contributed by atoms with Crippen LogP contribution in [-0.2, 0) is 6.42 Å². The number of hydrogen-bond acceptors (Lipinski definition) is 3. The number of halogens is 2. The van der Waals surface area contributed by atoms with Gasteiger partial charge in [0.1, 0.15) is 5.75 Å². The maximum Gasteiger partial charge on any atom is 0.251 e. The van der Waals surface area contributed by atoms with Gasteiger partial charge in [-0.15, -0.1) is 24.0 Å². The van der Waals surface area contributed by atoms with E-state index in [0.29, 0.717) is 29.6 Å². The Balaban J connectivity index is 0.00000392. The van der Waals surface area contributed by atoms with Crippen LogP contribution in [0.1, 0.15) is 15.9 Å². The molecule has 0 atom stereocenters. The van der Waals surface area contributed by atoms with E-state index in [1.54, 1.807) is 38.4 Å². The van der Waals surface area contributed by atoms with E-state index >= 15 is 0 Å². The molecular weight excluding hydrogens is 491 g/mol. The molecule has 0 spiro atoms. The molecule has 0 saturated carbocycles. The van der Waals surface area contributed by atoms with E-state index in [4.69, 9.17) is 16.3 Å². The van der Waals surface area contributed by atoms with Gasteiger partial charge in [0.15, 0.2) is 5.96 Å². The second-order valence-corrected chi connectivity index (χ2v) is 6.19. The number of para-hydroxylation sites is 1. The quantitative estimate of drug-likeness (QED) is 0.218. The summed E-state index contributed by atoms with van der Waals surface area (Å²) in [5.74, 6) is 1.44. The fourth-order valence-corrected chi connectivity index (χ4v) is 2.63. The van der Waals surface area contributed by atoms with Crippen LogP contribution in [0, 0.1) is 0 Å². The average molecular weight is 517 g/mol. The van der Waals surface area contributed by atoms with Gasteiger partial charge in [-0.25, -0.2) is 0 Å². The van der Waals surface area contributed by atoms with Gasteiger partial charge in [0.25, 0.3) is 5.91 Å². The Morgan fingerprint density at radius 1 is 1.00 bits per heavy atom. The summed E-state index contributed by atoms with van der Waals surface area (Å²) in [6, 6.07) is 14.7. The lowest BCUT2D eigenvalue weighted by atomic mass is 10.1. The molecule has 2 rings (SSSR count). The maximum absolute atomic E-state index is 12.0. The zero-order valence-corrected chi connectivity index (χ0v) is 19.1. The minimum atomic E-state index is -0.132. The number of methoxy groups -OCH3 is 1. The number of nitrogens with zero attached hydrogens (tertiary/aromatic N) is 1. The molecule has 0 aliphatic rings. The Bertz CT molecular complexity index is 769. The monoisotopic (exact) mass is 516 g/mol. The molecule has 0 aliphatic heterocycles. The van der Waals surface area contributed by atoms with Crippen molar-refractivity contribution in [1.29, 1.82) is 0 Å². The number of aliphatic imine (C=N–C) groups is 1. The Morgan fingerprint density at radius 3 is 2.32 bits per heavy atom. The van der Waals surface area contributed by atoms with Gasteiger partial charge < -0.3 is 20.7 Å². The van der Waals surface area contributed by atoms with Crippen molar-refractivity contribution in [2.24, 2.45) is 4.99 Å². The molecule has 3 N–H and O–H groups in total. The Hall–Kier alpha value is -2.00. The lowest BCUT2D eigenvalue weighted by Crippen LogP contribution is -2.42. The molecule has 2 aromatic carbocycles. The summed E-state index contributed by atoms with van der Waals surface area (Å²) < 4.78 is 5.35. The van der Waals surface area contributed by atoms with E-state index in [1.807, 2.05) is 24.3 Å². The minimum absolute atomic E-state index is 0. The fraction of sp³-hybridized carbons (Fsp3) is 0.300. The molecule has 28 heavy (non-hydrogen) atoms. The van der Waals surface area contributed by atoms with Crippen molar-refractivity contribution in [1.82, 2.24) is 16.0 Å². The molecule has 0 heterocycles. The van der Waals surface area contributed by atoms with Crippen molar-refractivity contribution in [2.45, 2.75) is 6.42 Å². The number of ether oxygens (including phenoxy) is 1. The molecule has 152 valence electrons. The third kappa shape index (κ3) is 7.93. The lowest BCUT2D eigenvalue weighted by Gasteiger charge is -2.13. The highest BCUT2D eigenvalue weighted by atomic mass is 127. The lowest BCUT2D eigenvalue weighted by molar-refractivity contribution is 0.0954. The Kier molecular flexibility index (Phi) is 11.4. The SMILES string of the molecule is CN=C(NCCNC(=O)c1ccc(Cl)cc1)NCCc1ccccc1OC.I. The summed E-state index contributed by atoms with van der Waals surface area (Å²) in [5, 5.41) is 9.88. The molecule has 0 unspecified atom stereocenters. The van der Waals surface area contributed by atoms with Crippen LogP contribution < -0.4 is 20.7 Å². The normalized spacial score (nSPS) is 10.6. The van der Waals surface area contributed by atoms with Gasteiger partial charge in [-0.3, -0.25) is 9.79 Å². The van der Waals surface area contributed by atoms with Gasteiger partial charge in [-0.2, -0.15) is 0 Å². The van der Waals surface area contributed by atoms with E-state index in [9.17, 15) is 4.79 Å². The third-order valence-corrected chi connectivity index (χ3v) is 4.16. The van der Waals surface area contributed by atoms with Crippen LogP contribution in [0.15, 0.2) is 53.5 Å². The summed E-state index contributed by atoms with van der Waals surface area (Å²) in [7, 11) is 3.38. The fourth-order valence-electron chi connectivity index (χ4n) is 2.51. The van der Waals surface area contributed by atoms with Gasteiger partial charge in [-0.1, -0.05) is 29.8 Å². The molecule has 0 bridgehead atoms. The van der Waals surface area contributed by atoms with Crippen LogP contribution in [0.5, 0.6) is 5.75 Å². The van der Waals surface area contributed by atoms with E-state index in [0.717, 1.165) is 24.3 Å². The molecule has 1 amide bonds. The average Bonchev–Trinajstić information content (AvgIpc) is 2.70. The van der Waals surface area contributed by atoms with Gasteiger partial charge in [-0.05, 0) is 42.3 Å². The van der Waals surface area contributed by atoms with E-state index in [1.165, 1.54) is 0 Å². The van der Waals surface area contributed by atoms with Crippen molar-refractivity contribution in [3.8, 4) is 5.75 Å². The van der Waals surface area contributed by atoms with Gasteiger partial charge in [0, 0.05) is 37.3 Å². The summed E-state index contributed by atoms with van der Waals surface area (Å²) in [6.07, 6.45) is 0.817. The smallest absolute Gasteiger partial charge is 0.251 e. The Labute approximate surface area is 188 Å². The number of carbonyl (C=O) groups excluding carboxylic acids is 1. The molecule has 2 aromatic rings. The zero-order valence-electron chi connectivity index (χ0n) is 16.0. The van der Waals surface area contributed by atoms with Crippen LogP contribution in [0.3, 0.4) is 0 Å². The van der Waals surface area contributed by atoms with Crippen LogP contribution >= 0.6 is 35.6 Å². The summed E-state index contributed by atoms with van der Waals surface area (Å²) in [6.45, 7) is 1.76. The van der Waals surface area contributed by atoms with Crippen LogP contribution in [0.4, 0.5) is 0 Å².